The van der Waals surface area contributed by atoms with E-state index in [0.29, 0.717) is 6.61 Å². The highest BCUT2D eigenvalue weighted by Crippen LogP contribution is 2.38. The van der Waals surface area contributed by atoms with Crippen LogP contribution < -0.4 is 5.48 Å². The highest BCUT2D eigenvalue weighted by atomic mass is 19.1. The van der Waals surface area contributed by atoms with Crippen LogP contribution in [0.5, 0.6) is 0 Å². The Labute approximate surface area is 131 Å². The van der Waals surface area contributed by atoms with Gasteiger partial charge in [-0.1, -0.05) is 26.8 Å². The molecule has 2 rings (SSSR count). The molecule has 0 aromatic heterocycles. The predicted molar refractivity (Wildman–Crippen MR) is 81.1 cm³/mol. The van der Waals surface area contributed by atoms with Gasteiger partial charge in [0.15, 0.2) is 0 Å². The van der Waals surface area contributed by atoms with Gasteiger partial charge in [0.2, 0.25) is 0 Å². The fourth-order valence-corrected chi connectivity index (χ4v) is 2.62. The highest BCUT2D eigenvalue weighted by Gasteiger charge is 2.45. The van der Waals surface area contributed by atoms with Gasteiger partial charge in [-0.2, -0.15) is 5.48 Å². The molecule has 5 heteroatoms. The molecule has 0 radical (unpaired) electrons. The van der Waals surface area contributed by atoms with Crippen molar-refractivity contribution in [1.29, 1.82) is 0 Å². The lowest BCUT2D eigenvalue weighted by molar-refractivity contribution is -0.163. The van der Waals surface area contributed by atoms with E-state index in [2.05, 4.69) is 26.3 Å². The van der Waals surface area contributed by atoms with Crippen LogP contribution in [0.1, 0.15) is 46.1 Å². The third-order valence-electron chi connectivity index (χ3n) is 4.53. The third kappa shape index (κ3) is 3.65. The van der Waals surface area contributed by atoms with Crippen LogP contribution in [0.4, 0.5) is 8.78 Å². The second-order valence-electron chi connectivity index (χ2n) is 7.09. The van der Waals surface area contributed by atoms with Gasteiger partial charge in [-0.05, 0) is 37.3 Å². The van der Waals surface area contributed by atoms with E-state index in [-0.39, 0.29) is 29.2 Å². The van der Waals surface area contributed by atoms with Crippen LogP contribution in [0.2, 0.25) is 0 Å². The van der Waals surface area contributed by atoms with Gasteiger partial charge in [-0.25, -0.2) is 8.78 Å². The Hall–Kier alpha value is -1.04. The quantitative estimate of drug-likeness (QED) is 0.912. The Morgan fingerprint density at radius 2 is 1.95 bits per heavy atom. The molecule has 0 bridgehead atoms. The van der Waals surface area contributed by atoms with E-state index in [1.54, 1.807) is 0 Å². The molecule has 1 aliphatic heterocycles. The van der Waals surface area contributed by atoms with E-state index in [9.17, 15) is 8.78 Å². The molecule has 3 nitrogen and oxygen atoms in total. The molecule has 2 unspecified atom stereocenters. The van der Waals surface area contributed by atoms with E-state index in [1.165, 1.54) is 18.2 Å². The number of ether oxygens (including phenoxy) is 1. The summed E-state index contributed by atoms with van der Waals surface area (Å²) in [4.78, 5) is 5.59. The second kappa shape index (κ2) is 6.60. The molecule has 0 amide bonds. The van der Waals surface area contributed by atoms with Crippen molar-refractivity contribution in [3.63, 3.8) is 0 Å². The molecule has 0 spiro atoms. The predicted octanol–water partition coefficient (Wildman–Crippen LogP) is 3.97. The van der Waals surface area contributed by atoms with Crippen molar-refractivity contribution in [2.24, 2.45) is 5.41 Å². The van der Waals surface area contributed by atoms with Crippen LogP contribution in [-0.2, 0) is 16.2 Å². The smallest absolute Gasteiger partial charge is 0.131 e. The van der Waals surface area contributed by atoms with Crippen LogP contribution in [0.15, 0.2) is 18.2 Å². The van der Waals surface area contributed by atoms with Gasteiger partial charge < -0.3 is 4.74 Å². The van der Waals surface area contributed by atoms with Crippen molar-refractivity contribution in [1.82, 2.24) is 5.48 Å². The van der Waals surface area contributed by atoms with E-state index >= 15 is 0 Å². The molecule has 1 heterocycles. The van der Waals surface area contributed by atoms with Crippen molar-refractivity contribution in [2.75, 3.05) is 6.61 Å². The number of hydroxylamine groups is 1. The minimum atomic E-state index is -0.578. The normalized spacial score (nSPS) is 26.2. The summed E-state index contributed by atoms with van der Waals surface area (Å²) in [6.07, 6.45) is 1.96. The third-order valence-corrected chi connectivity index (χ3v) is 4.53. The summed E-state index contributed by atoms with van der Waals surface area (Å²) in [6, 6.07) is 3.83. The average Bonchev–Trinajstić information content (AvgIpc) is 2.43. The maximum absolute atomic E-state index is 13.6. The van der Waals surface area contributed by atoms with Crippen molar-refractivity contribution < 1.29 is 18.4 Å². The zero-order chi connectivity index (χ0) is 16.4. The van der Waals surface area contributed by atoms with Gasteiger partial charge in [-0.3, -0.25) is 4.84 Å². The van der Waals surface area contributed by atoms with E-state index in [1.807, 2.05) is 6.92 Å². The van der Waals surface area contributed by atoms with Gasteiger partial charge in [0.25, 0.3) is 0 Å². The van der Waals surface area contributed by atoms with Gasteiger partial charge >= 0.3 is 0 Å². The molecule has 0 saturated carbocycles. The number of rotatable bonds is 4. The van der Waals surface area contributed by atoms with Crippen molar-refractivity contribution >= 4 is 0 Å². The van der Waals surface area contributed by atoms with E-state index in [4.69, 9.17) is 9.57 Å². The maximum Gasteiger partial charge on any atom is 0.131 e. The molecule has 1 N–H and O–H groups in total. The Balaban J connectivity index is 2.04. The summed E-state index contributed by atoms with van der Waals surface area (Å²) in [5.74, 6) is -1.16. The number of nitrogens with one attached hydrogen (secondary N) is 1. The number of hydrogen-bond acceptors (Lipinski definition) is 3. The van der Waals surface area contributed by atoms with Crippen LogP contribution in [0, 0.1) is 17.0 Å². The van der Waals surface area contributed by atoms with Gasteiger partial charge in [0.05, 0.1) is 24.9 Å². The topological polar surface area (TPSA) is 30.5 Å². The van der Waals surface area contributed by atoms with Crippen molar-refractivity contribution in [3.05, 3.63) is 35.4 Å². The zero-order valence-corrected chi connectivity index (χ0v) is 13.7. The highest BCUT2D eigenvalue weighted by molar-refractivity contribution is 5.18. The average molecular weight is 313 g/mol. The minimum Gasteiger partial charge on any atom is -0.375 e. The zero-order valence-electron chi connectivity index (χ0n) is 13.7. The van der Waals surface area contributed by atoms with Crippen LogP contribution in [-0.4, -0.2) is 18.2 Å². The van der Waals surface area contributed by atoms with Crippen LogP contribution >= 0.6 is 0 Å². The molecule has 1 saturated heterocycles. The minimum absolute atomic E-state index is 0.0309. The molecular formula is C17H25F2NO2. The maximum atomic E-state index is 13.6. The Morgan fingerprint density at radius 1 is 1.32 bits per heavy atom. The van der Waals surface area contributed by atoms with Gasteiger partial charge in [0.1, 0.15) is 11.6 Å². The summed E-state index contributed by atoms with van der Waals surface area (Å²) in [5, 5.41) is 0. The Bertz CT molecular complexity index is 486. The molecule has 1 aromatic rings. The summed E-state index contributed by atoms with van der Waals surface area (Å²) >= 11 is 0. The first-order chi connectivity index (χ1) is 10.3. The van der Waals surface area contributed by atoms with Gasteiger partial charge in [0, 0.05) is 5.56 Å². The number of hydrogen-bond donors (Lipinski definition) is 1. The molecule has 124 valence electrons. The fourth-order valence-electron chi connectivity index (χ4n) is 2.62. The first-order valence-corrected chi connectivity index (χ1v) is 7.69. The van der Waals surface area contributed by atoms with Crippen molar-refractivity contribution in [3.8, 4) is 0 Å². The Morgan fingerprint density at radius 3 is 2.45 bits per heavy atom. The molecule has 22 heavy (non-hydrogen) atoms. The van der Waals surface area contributed by atoms with Crippen molar-refractivity contribution in [2.45, 2.75) is 58.8 Å². The fraction of sp³-hybridized carbons (Fsp3) is 0.647. The molecular weight excluding hydrogens is 288 g/mol. The second-order valence-corrected chi connectivity index (χ2v) is 7.09. The first kappa shape index (κ1) is 17.3. The molecule has 1 aliphatic rings. The number of benzene rings is 1. The lowest BCUT2D eigenvalue weighted by Crippen LogP contribution is -2.61. The van der Waals surface area contributed by atoms with Crippen LogP contribution in [0.25, 0.3) is 0 Å². The van der Waals surface area contributed by atoms with Crippen LogP contribution in [0.3, 0.4) is 0 Å². The monoisotopic (exact) mass is 313 g/mol. The summed E-state index contributed by atoms with van der Waals surface area (Å²) in [6.45, 7) is 8.56. The lowest BCUT2D eigenvalue weighted by Gasteiger charge is -2.48. The summed E-state index contributed by atoms with van der Waals surface area (Å²) in [7, 11) is 0. The first-order valence-electron chi connectivity index (χ1n) is 7.69. The largest absolute Gasteiger partial charge is 0.375 e. The molecule has 0 aliphatic carbocycles. The SMILES string of the molecule is CC1CCC(COCc2c(F)cccc2F)(C(C)(C)C)NO1. The molecule has 2 atom stereocenters. The van der Waals surface area contributed by atoms with Gasteiger partial charge in [-0.15, -0.1) is 0 Å². The van der Waals surface area contributed by atoms with E-state index in [0.717, 1.165) is 12.8 Å². The standard InChI is InChI=1S/C17H25F2NO2/c1-12-8-9-17(20-22-12,16(2,3)4)11-21-10-13-14(18)6-5-7-15(13)19/h5-7,12,20H,8-11H2,1-4H3. The Kier molecular flexibility index (Phi) is 5.20. The summed E-state index contributed by atoms with van der Waals surface area (Å²) < 4.78 is 32.9. The lowest BCUT2D eigenvalue weighted by atomic mass is 9.71. The molecule has 1 fully saturated rings. The molecule has 1 aromatic carbocycles. The van der Waals surface area contributed by atoms with E-state index < -0.39 is 11.6 Å². The summed E-state index contributed by atoms with van der Waals surface area (Å²) in [5.41, 5.74) is 2.61. The number of halogens is 2.